The van der Waals surface area contributed by atoms with Crippen molar-refractivity contribution in [1.82, 2.24) is 14.9 Å². The van der Waals surface area contributed by atoms with E-state index in [1.807, 2.05) is 11.0 Å². The lowest BCUT2D eigenvalue weighted by Crippen LogP contribution is -2.48. The van der Waals surface area contributed by atoms with Gasteiger partial charge in [0.1, 0.15) is 6.26 Å². The Morgan fingerprint density at radius 2 is 1.71 bits per heavy atom. The van der Waals surface area contributed by atoms with Gasteiger partial charge in [0, 0.05) is 38.6 Å². The second-order valence-corrected chi connectivity index (χ2v) is 6.84. The molecule has 4 rings (SSSR count). The summed E-state index contributed by atoms with van der Waals surface area (Å²) in [4.78, 5) is 25.3. The van der Waals surface area contributed by atoms with Crippen molar-refractivity contribution in [2.75, 3.05) is 31.1 Å². The third kappa shape index (κ3) is 2.88. The summed E-state index contributed by atoms with van der Waals surface area (Å²) >= 11 is 0. The van der Waals surface area contributed by atoms with Gasteiger partial charge in [-0.3, -0.25) is 4.79 Å². The van der Waals surface area contributed by atoms with Gasteiger partial charge in [0.2, 0.25) is 5.95 Å². The number of rotatable bonds is 2. The van der Waals surface area contributed by atoms with Crippen LogP contribution < -0.4 is 4.90 Å². The number of amides is 1. The molecule has 0 radical (unpaired) electrons. The number of carbonyl (C=O) groups excluding carboxylic acids is 1. The molecule has 0 N–H and O–H groups in total. The van der Waals surface area contributed by atoms with E-state index in [1.54, 1.807) is 24.7 Å². The molecule has 6 heteroatoms. The van der Waals surface area contributed by atoms with Crippen LogP contribution >= 0.6 is 0 Å². The Kier molecular flexibility index (Phi) is 3.96. The van der Waals surface area contributed by atoms with E-state index < -0.39 is 0 Å². The van der Waals surface area contributed by atoms with Crippen molar-refractivity contribution in [2.24, 2.45) is 5.41 Å². The second-order valence-electron chi connectivity index (χ2n) is 6.84. The fraction of sp³-hybridized carbons (Fsp3) is 0.500. The number of carbonyl (C=O) groups is 1. The fourth-order valence-corrected chi connectivity index (χ4v) is 3.89. The molecule has 2 aromatic rings. The minimum Gasteiger partial charge on any atom is -0.472 e. The molecule has 126 valence electrons. The Bertz CT molecular complexity index is 668. The summed E-state index contributed by atoms with van der Waals surface area (Å²) in [5, 5.41) is 0. The van der Waals surface area contributed by atoms with Crippen LogP contribution in [0.15, 0.2) is 41.5 Å². The minimum atomic E-state index is 0.0914. The van der Waals surface area contributed by atoms with Crippen molar-refractivity contribution in [3.63, 3.8) is 0 Å². The van der Waals surface area contributed by atoms with Crippen molar-refractivity contribution in [3.8, 4) is 0 Å². The van der Waals surface area contributed by atoms with Gasteiger partial charge in [-0.1, -0.05) is 0 Å². The number of hydrogen-bond acceptors (Lipinski definition) is 5. The van der Waals surface area contributed by atoms with E-state index in [0.717, 1.165) is 57.8 Å². The third-order valence-electron chi connectivity index (χ3n) is 5.54. The van der Waals surface area contributed by atoms with Crippen LogP contribution in [0, 0.1) is 5.41 Å². The largest absolute Gasteiger partial charge is 0.472 e. The molecule has 2 saturated heterocycles. The van der Waals surface area contributed by atoms with E-state index in [2.05, 4.69) is 14.9 Å². The van der Waals surface area contributed by atoms with E-state index in [4.69, 9.17) is 4.42 Å². The van der Waals surface area contributed by atoms with E-state index >= 15 is 0 Å². The molecule has 2 aliphatic heterocycles. The van der Waals surface area contributed by atoms with E-state index in [-0.39, 0.29) is 5.91 Å². The first-order chi connectivity index (χ1) is 11.8. The first kappa shape index (κ1) is 15.2. The highest BCUT2D eigenvalue weighted by atomic mass is 16.3. The summed E-state index contributed by atoms with van der Waals surface area (Å²) in [5.41, 5.74) is 1.03. The molecule has 0 aliphatic carbocycles. The summed E-state index contributed by atoms with van der Waals surface area (Å²) in [7, 11) is 0. The Balaban J connectivity index is 1.34. The number of likely N-dealkylation sites (tertiary alicyclic amines) is 1. The van der Waals surface area contributed by atoms with Gasteiger partial charge in [0.15, 0.2) is 0 Å². The zero-order chi connectivity index (χ0) is 16.4. The van der Waals surface area contributed by atoms with Gasteiger partial charge < -0.3 is 14.2 Å². The molecule has 0 bridgehead atoms. The first-order valence-electron chi connectivity index (χ1n) is 8.59. The van der Waals surface area contributed by atoms with Crippen LogP contribution in [0.25, 0.3) is 0 Å². The van der Waals surface area contributed by atoms with Gasteiger partial charge in [-0.05, 0) is 43.2 Å². The van der Waals surface area contributed by atoms with Crippen LogP contribution in [0.1, 0.15) is 36.0 Å². The second kappa shape index (κ2) is 6.26. The van der Waals surface area contributed by atoms with Gasteiger partial charge in [0.25, 0.3) is 5.91 Å². The highest BCUT2D eigenvalue weighted by Gasteiger charge is 2.39. The zero-order valence-electron chi connectivity index (χ0n) is 13.7. The van der Waals surface area contributed by atoms with Crippen molar-refractivity contribution in [3.05, 3.63) is 42.6 Å². The number of hydrogen-bond donors (Lipinski definition) is 0. The van der Waals surface area contributed by atoms with E-state index in [0.29, 0.717) is 11.0 Å². The maximum absolute atomic E-state index is 12.4. The summed E-state index contributed by atoms with van der Waals surface area (Å²) in [6, 6.07) is 3.59. The molecule has 2 aliphatic rings. The van der Waals surface area contributed by atoms with Crippen molar-refractivity contribution < 1.29 is 9.21 Å². The third-order valence-corrected chi connectivity index (χ3v) is 5.54. The number of piperidine rings is 2. The molecule has 24 heavy (non-hydrogen) atoms. The molecule has 0 aromatic carbocycles. The van der Waals surface area contributed by atoms with Crippen LogP contribution in [0.3, 0.4) is 0 Å². The number of aromatic nitrogens is 2. The maximum Gasteiger partial charge on any atom is 0.257 e. The lowest BCUT2D eigenvalue weighted by Gasteiger charge is -2.46. The molecule has 1 amide bonds. The molecule has 0 atom stereocenters. The lowest BCUT2D eigenvalue weighted by atomic mass is 9.71. The summed E-state index contributed by atoms with van der Waals surface area (Å²) in [6.07, 6.45) is 11.2. The van der Waals surface area contributed by atoms with Gasteiger partial charge in [-0.2, -0.15) is 0 Å². The molecular formula is C18H22N4O2. The van der Waals surface area contributed by atoms with Gasteiger partial charge >= 0.3 is 0 Å². The summed E-state index contributed by atoms with van der Waals surface area (Å²) in [5.74, 6) is 0.925. The van der Waals surface area contributed by atoms with Gasteiger partial charge in [0.05, 0.1) is 11.8 Å². The Morgan fingerprint density at radius 3 is 2.33 bits per heavy atom. The Labute approximate surface area is 141 Å². The summed E-state index contributed by atoms with van der Waals surface area (Å²) in [6.45, 7) is 3.68. The molecule has 0 saturated carbocycles. The predicted octanol–water partition coefficient (Wildman–Crippen LogP) is 2.59. The van der Waals surface area contributed by atoms with Gasteiger partial charge in [-0.25, -0.2) is 9.97 Å². The average molecular weight is 326 g/mol. The first-order valence-corrected chi connectivity index (χ1v) is 8.59. The van der Waals surface area contributed by atoms with Crippen LogP contribution in [-0.2, 0) is 0 Å². The molecule has 6 nitrogen and oxygen atoms in total. The lowest BCUT2D eigenvalue weighted by molar-refractivity contribution is 0.0513. The number of furan rings is 1. The fourth-order valence-electron chi connectivity index (χ4n) is 3.89. The van der Waals surface area contributed by atoms with Crippen LogP contribution in [0.4, 0.5) is 5.95 Å². The molecule has 1 spiro atoms. The van der Waals surface area contributed by atoms with E-state index in [1.165, 1.54) is 6.26 Å². The molecule has 0 unspecified atom stereocenters. The summed E-state index contributed by atoms with van der Waals surface area (Å²) < 4.78 is 5.03. The number of nitrogens with zero attached hydrogens (tertiary/aromatic N) is 4. The zero-order valence-corrected chi connectivity index (χ0v) is 13.7. The van der Waals surface area contributed by atoms with Crippen LogP contribution in [0.5, 0.6) is 0 Å². The standard InChI is InChI=1S/C18H22N4O2/c23-16(15-2-13-24-14-15)21-9-3-18(4-10-21)5-11-22(12-6-18)17-19-7-1-8-20-17/h1-2,7-8,13-14H,3-6,9-12H2. The average Bonchev–Trinajstić information content (AvgIpc) is 3.18. The minimum absolute atomic E-state index is 0.0914. The van der Waals surface area contributed by atoms with Gasteiger partial charge in [-0.15, -0.1) is 0 Å². The number of anilines is 1. The topological polar surface area (TPSA) is 62.5 Å². The normalized spacial score (nSPS) is 20.3. The maximum atomic E-state index is 12.4. The highest BCUT2D eigenvalue weighted by Crippen LogP contribution is 2.41. The van der Waals surface area contributed by atoms with Crippen molar-refractivity contribution >= 4 is 11.9 Å². The van der Waals surface area contributed by atoms with Crippen LogP contribution in [0.2, 0.25) is 0 Å². The monoisotopic (exact) mass is 326 g/mol. The molecule has 2 aromatic heterocycles. The van der Waals surface area contributed by atoms with Crippen molar-refractivity contribution in [2.45, 2.75) is 25.7 Å². The Morgan fingerprint density at radius 1 is 1.04 bits per heavy atom. The van der Waals surface area contributed by atoms with Crippen LogP contribution in [-0.4, -0.2) is 47.0 Å². The highest BCUT2D eigenvalue weighted by molar-refractivity contribution is 5.93. The SMILES string of the molecule is O=C(c1ccoc1)N1CCC2(CC1)CCN(c1ncccn1)CC2. The molecule has 4 heterocycles. The molecule has 2 fully saturated rings. The smallest absolute Gasteiger partial charge is 0.257 e. The predicted molar refractivity (Wildman–Crippen MR) is 89.8 cm³/mol. The quantitative estimate of drug-likeness (QED) is 0.849. The van der Waals surface area contributed by atoms with Crippen molar-refractivity contribution in [1.29, 1.82) is 0 Å². The Hall–Kier alpha value is -2.37. The van der Waals surface area contributed by atoms with E-state index in [9.17, 15) is 4.79 Å². The molecular weight excluding hydrogens is 304 g/mol.